The van der Waals surface area contributed by atoms with E-state index in [1.807, 2.05) is 6.09 Å². The van der Waals surface area contributed by atoms with Crippen LogP contribution in [0.15, 0.2) is 0 Å². The Morgan fingerprint density at radius 2 is 2.17 bits per heavy atom. The minimum atomic E-state index is 1.23. The molecule has 1 fully saturated rings. The zero-order valence-electron chi connectivity index (χ0n) is 3.85. The van der Waals surface area contributed by atoms with E-state index in [4.69, 9.17) is 0 Å². The first-order valence-electron chi connectivity index (χ1n) is 2.30. The second kappa shape index (κ2) is 1.46. The molecule has 0 atom stereocenters. The SMILES string of the molecule is B=CN1CCC1. The first-order valence-corrected chi connectivity index (χ1v) is 2.30. The molecule has 6 heavy (non-hydrogen) atoms. The van der Waals surface area contributed by atoms with Crippen LogP contribution in [0.5, 0.6) is 0 Å². The Labute approximate surface area is 39.0 Å². The van der Waals surface area contributed by atoms with E-state index >= 15 is 0 Å². The maximum atomic E-state index is 3.61. The van der Waals surface area contributed by atoms with Crippen molar-refractivity contribution in [1.82, 2.24) is 4.90 Å². The second-order valence-corrected chi connectivity index (χ2v) is 1.57. The van der Waals surface area contributed by atoms with E-state index in [0.29, 0.717) is 0 Å². The van der Waals surface area contributed by atoms with Crippen LogP contribution in [0.25, 0.3) is 0 Å². The van der Waals surface area contributed by atoms with Crippen molar-refractivity contribution in [3.05, 3.63) is 0 Å². The van der Waals surface area contributed by atoms with Crippen LogP contribution in [0.3, 0.4) is 0 Å². The third-order valence-electron chi connectivity index (χ3n) is 1.15. The summed E-state index contributed by atoms with van der Waals surface area (Å²) in [6.45, 7) is 2.45. The van der Waals surface area contributed by atoms with Crippen molar-refractivity contribution in [2.45, 2.75) is 6.42 Å². The summed E-state index contributed by atoms with van der Waals surface area (Å²) in [6.07, 6.45) is 3.25. The number of hydrogen-bond donors (Lipinski definition) is 0. The van der Waals surface area contributed by atoms with Crippen molar-refractivity contribution in [3.8, 4) is 0 Å². The fraction of sp³-hybridized carbons (Fsp3) is 0.750. The van der Waals surface area contributed by atoms with Gasteiger partial charge in [-0.2, -0.15) is 0 Å². The minimum absolute atomic E-state index is 1.23. The molecule has 0 aromatic carbocycles. The van der Waals surface area contributed by atoms with Gasteiger partial charge < -0.3 is 0 Å². The summed E-state index contributed by atoms with van der Waals surface area (Å²) in [5, 5.41) is 0. The van der Waals surface area contributed by atoms with Gasteiger partial charge in [0.1, 0.15) is 0 Å². The third kappa shape index (κ3) is 0.467. The molecule has 0 amide bonds. The molecule has 1 nitrogen and oxygen atoms in total. The van der Waals surface area contributed by atoms with Gasteiger partial charge in [0.25, 0.3) is 0 Å². The molecule has 1 aliphatic heterocycles. The Hall–Kier alpha value is -0.265. The van der Waals surface area contributed by atoms with Crippen molar-refractivity contribution in [1.29, 1.82) is 0 Å². The first kappa shape index (κ1) is 3.91. The fourth-order valence-corrected chi connectivity index (χ4v) is 0.523. The molecule has 0 N–H and O–H groups in total. The molecule has 0 saturated carbocycles. The Morgan fingerprint density at radius 1 is 1.50 bits per heavy atom. The van der Waals surface area contributed by atoms with Crippen LogP contribution in [0.1, 0.15) is 6.42 Å². The summed E-state index contributed by atoms with van der Waals surface area (Å²) in [7, 11) is 3.61. The van der Waals surface area contributed by atoms with Crippen molar-refractivity contribution >= 4 is 13.6 Å². The van der Waals surface area contributed by atoms with Crippen LogP contribution in [0.4, 0.5) is 0 Å². The van der Waals surface area contributed by atoms with Crippen LogP contribution in [-0.4, -0.2) is 31.6 Å². The van der Waals surface area contributed by atoms with Gasteiger partial charge in [-0.1, -0.05) is 0 Å². The topological polar surface area (TPSA) is 3.24 Å². The third-order valence-corrected chi connectivity index (χ3v) is 1.15. The molecule has 32 valence electrons. The molecule has 0 radical (unpaired) electrons. The molecular weight excluding hydrogens is 72.9 g/mol. The second-order valence-electron chi connectivity index (χ2n) is 1.57. The van der Waals surface area contributed by atoms with E-state index in [2.05, 4.69) is 12.4 Å². The van der Waals surface area contributed by atoms with E-state index in [-0.39, 0.29) is 0 Å². The summed E-state index contributed by atoms with van der Waals surface area (Å²) in [6, 6.07) is 0. The van der Waals surface area contributed by atoms with Crippen LogP contribution in [-0.2, 0) is 0 Å². The molecule has 0 spiro atoms. The van der Waals surface area contributed by atoms with Gasteiger partial charge in [0.05, 0.1) is 0 Å². The van der Waals surface area contributed by atoms with Gasteiger partial charge in [-0.15, -0.1) is 0 Å². The van der Waals surface area contributed by atoms with Crippen molar-refractivity contribution < 1.29 is 0 Å². The molecule has 1 rings (SSSR count). The average Bonchev–Trinajstić information content (AvgIpc) is 1.31. The standard InChI is InChI=1S/C4H8BN/c5-4-6-2-1-3-6/h4-5H,1-3H2. The number of likely N-dealkylation sites (tertiary alicyclic amines) is 1. The Bertz CT molecular complexity index is 58.6. The van der Waals surface area contributed by atoms with E-state index in [1.165, 1.54) is 19.5 Å². The van der Waals surface area contributed by atoms with Crippen LogP contribution >= 0.6 is 0 Å². The Balaban J connectivity index is 2.16. The number of hydrogen-bond acceptors (Lipinski definition) is 1. The summed E-state index contributed by atoms with van der Waals surface area (Å²) in [5.74, 6) is 0. The molecule has 0 unspecified atom stereocenters. The summed E-state index contributed by atoms with van der Waals surface area (Å²) in [5.41, 5.74) is 0. The molecule has 1 heterocycles. The zero-order chi connectivity index (χ0) is 4.41. The molecule has 1 aliphatic rings. The quantitative estimate of drug-likeness (QED) is 0.379. The summed E-state index contributed by atoms with van der Waals surface area (Å²) in [4.78, 5) is 2.19. The van der Waals surface area contributed by atoms with Crippen LogP contribution < -0.4 is 0 Å². The number of nitrogens with zero attached hydrogens (tertiary/aromatic N) is 1. The zero-order valence-corrected chi connectivity index (χ0v) is 3.85. The Morgan fingerprint density at radius 3 is 2.17 bits per heavy atom. The van der Waals surface area contributed by atoms with Gasteiger partial charge in [-0.05, 0) is 0 Å². The average molecular weight is 80.9 g/mol. The molecule has 0 bridgehead atoms. The summed E-state index contributed by atoms with van der Waals surface area (Å²) >= 11 is 0. The summed E-state index contributed by atoms with van der Waals surface area (Å²) < 4.78 is 0. The molecule has 2 heteroatoms. The van der Waals surface area contributed by atoms with Gasteiger partial charge in [0.15, 0.2) is 0 Å². The molecule has 0 aromatic heterocycles. The predicted octanol–water partition coefficient (Wildman–Crippen LogP) is -0.647. The van der Waals surface area contributed by atoms with E-state index in [1.54, 1.807) is 0 Å². The normalized spacial score (nSPS) is 19.5. The van der Waals surface area contributed by atoms with E-state index in [0.717, 1.165) is 0 Å². The van der Waals surface area contributed by atoms with Crippen molar-refractivity contribution in [3.63, 3.8) is 0 Å². The molecule has 1 saturated heterocycles. The van der Waals surface area contributed by atoms with Crippen molar-refractivity contribution in [2.75, 3.05) is 13.1 Å². The van der Waals surface area contributed by atoms with E-state index in [9.17, 15) is 0 Å². The maximum absolute atomic E-state index is 3.61. The van der Waals surface area contributed by atoms with Gasteiger partial charge in [0, 0.05) is 0 Å². The molecular formula is C4H8BN. The monoisotopic (exact) mass is 81.1 g/mol. The fourth-order valence-electron chi connectivity index (χ4n) is 0.523. The van der Waals surface area contributed by atoms with E-state index < -0.39 is 0 Å². The van der Waals surface area contributed by atoms with Crippen LogP contribution in [0, 0.1) is 0 Å². The Kier molecular flexibility index (Phi) is 0.949. The van der Waals surface area contributed by atoms with Crippen molar-refractivity contribution in [2.24, 2.45) is 0 Å². The molecule has 0 aromatic rings. The first-order chi connectivity index (χ1) is 2.93. The van der Waals surface area contributed by atoms with Crippen LogP contribution in [0.2, 0.25) is 0 Å². The van der Waals surface area contributed by atoms with Gasteiger partial charge in [-0.25, -0.2) is 0 Å². The van der Waals surface area contributed by atoms with Gasteiger partial charge >= 0.3 is 38.0 Å². The van der Waals surface area contributed by atoms with Gasteiger partial charge in [0.2, 0.25) is 0 Å². The predicted molar refractivity (Wildman–Crippen MR) is 29.4 cm³/mol. The number of rotatable bonds is 1. The molecule has 0 aliphatic carbocycles. The van der Waals surface area contributed by atoms with Gasteiger partial charge in [-0.3, -0.25) is 0 Å².